The van der Waals surface area contributed by atoms with E-state index >= 15 is 0 Å². The SMILES string of the molecule is O=C(CC1COCCN1)NCCNC(=O)c1ccccc1F. The van der Waals surface area contributed by atoms with E-state index in [2.05, 4.69) is 16.0 Å². The zero-order valence-electron chi connectivity index (χ0n) is 12.2. The van der Waals surface area contributed by atoms with Crippen LogP contribution in [0.3, 0.4) is 0 Å². The molecule has 6 nitrogen and oxygen atoms in total. The monoisotopic (exact) mass is 309 g/mol. The van der Waals surface area contributed by atoms with Gasteiger partial charge in [0.25, 0.3) is 5.91 Å². The molecule has 1 unspecified atom stereocenters. The van der Waals surface area contributed by atoms with Crippen LogP contribution in [0.5, 0.6) is 0 Å². The summed E-state index contributed by atoms with van der Waals surface area (Å²) >= 11 is 0. The number of amides is 2. The first-order chi connectivity index (χ1) is 10.7. The lowest BCUT2D eigenvalue weighted by Gasteiger charge is -2.23. The van der Waals surface area contributed by atoms with Crippen molar-refractivity contribution < 1.29 is 18.7 Å². The fourth-order valence-electron chi connectivity index (χ4n) is 2.17. The van der Waals surface area contributed by atoms with Gasteiger partial charge in [-0.3, -0.25) is 9.59 Å². The van der Waals surface area contributed by atoms with Crippen LogP contribution in [0.15, 0.2) is 24.3 Å². The number of carbonyl (C=O) groups is 2. The molecule has 1 aliphatic heterocycles. The molecule has 22 heavy (non-hydrogen) atoms. The maximum atomic E-state index is 13.4. The second-order valence-corrected chi connectivity index (χ2v) is 5.02. The molecule has 0 spiro atoms. The number of hydrogen-bond acceptors (Lipinski definition) is 4. The molecule has 2 rings (SSSR count). The van der Waals surface area contributed by atoms with E-state index in [1.165, 1.54) is 18.2 Å². The van der Waals surface area contributed by atoms with Crippen LogP contribution in [0.1, 0.15) is 16.8 Å². The number of nitrogens with one attached hydrogen (secondary N) is 3. The highest BCUT2D eigenvalue weighted by molar-refractivity contribution is 5.94. The summed E-state index contributed by atoms with van der Waals surface area (Å²) < 4.78 is 18.7. The minimum Gasteiger partial charge on any atom is -0.378 e. The van der Waals surface area contributed by atoms with Crippen molar-refractivity contribution in [3.05, 3.63) is 35.6 Å². The topological polar surface area (TPSA) is 79.5 Å². The van der Waals surface area contributed by atoms with Crippen molar-refractivity contribution in [3.8, 4) is 0 Å². The molecule has 0 aliphatic carbocycles. The minimum atomic E-state index is -0.563. The molecule has 0 bridgehead atoms. The summed E-state index contributed by atoms with van der Waals surface area (Å²) in [6.45, 7) is 2.48. The van der Waals surface area contributed by atoms with Crippen LogP contribution in [0.2, 0.25) is 0 Å². The summed E-state index contributed by atoms with van der Waals surface area (Å²) in [7, 11) is 0. The third-order valence-corrected chi connectivity index (χ3v) is 3.28. The molecule has 2 amide bonds. The largest absolute Gasteiger partial charge is 0.378 e. The van der Waals surface area contributed by atoms with Gasteiger partial charge in [0.2, 0.25) is 5.91 Å². The number of ether oxygens (including phenoxy) is 1. The standard InChI is InChI=1S/C15H20FN3O3/c16-13-4-2-1-3-12(13)15(21)19-6-5-18-14(20)9-11-10-22-8-7-17-11/h1-4,11,17H,5-10H2,(H,18,20)(H,19,21). The molecule has 1 saturated heterocycles. The number of benzene rings is 1. The zero-order chi connectivity index (χ0) is 15.8. The van der Waals surface area contributed by atoms with Gasteiger partial charge in [0, 0.05) is 32.1 Å². The predicted molar refractivity (Wildman–Crippen MR) is 79.0 cm³/mol. The lowest BCUT2D eigenvalue weighted by atomic mass is 10.2. The van der Waals surface area contributed by atoms with Crippen molar-refractivity contribution in [2.45, 2.75) is 12.5 Å². The van der Waals surface area contributed by atoms with E-state index in [4.69, 9.17) is 4.74 Å². The van der Waals surface area contributed by atoms with Crippen LogP contribution < -0.4 is 16.0 Å². The fourth-order valence-corrected chi connectivity index (χ4v) is 2.17. The van der Waals surface area contributed by atoms with Crippen molar-refractivity contribution in [1.82, 2.24) is 16.0 Å². The highest BCUT2D eigenvalue weighted by Gasteiger charge is 2.16. The van der Waals surface area contributed by atoms with E-state index in [1.807, 2.05) is 0 Å². The number of morpholine rings is 1. The van der Waals surface area contributed by atoms with Crippen LogP contribution in [0.25, 0.3) is 0 Å². The van der Waals surface area contributed by atoms with Crippen molar-refractivity contribution in [2.24, 2.45) is 0 Å². The van der Waals surface area contributed by atoms with Gasteiger partial charge in [0.05, 0.1) is 18.8 Å². The second kappa shape index (κ2) is 8.45. The van der Waals surface area contributed by atoms with Crippen LogP contribution >= 0.6 is 0 Å². The summed E-state index contributed by atoms with van der Waals surface area (Å²) in [5, 5.41) is 8.46. The second-order valence-electron chi connectivity index (χ2n) is 5.02. The van der Waals surface area contributed by atoms with Crippen LogP contribution in [0, 0.1) is 5.82 Å². The molecule has 0 aromatic heterocycles. The Labute approximate surface area is 128 Å². The van der Waals surface area contributed by atoms with Gasteiger partial charge in [-0.25, -0.2) is 4.39 Å². The number of halogens is 1. The highest BCUT2D eigenvalue weighted by Crippen LogP contribution is 2.05. The maximum absolute atomic E-state index is 13.4. The Bertz CT molecular complexity index is 519. The third-order valence-electron chi connectivity index (χ3n) is 3.28. The first-order valence-corrected chi connectivity index (χ1v) is 7.27. The molecule has 0 saturated carbocycles. The molecule has 1 heterocycles. The summed E-state index contributed by atoms with van der Waals surface area (Å²) in [6, 6.07) is 5.80. The Morgan fingerprint density at radius 1 is 1.27 bits per heavy atom. The molecule has 0 radical (unpaired) electrons. The van der Waals surface area contributed by atoms with Crippen molar-refractivity contribution in [2.75, 3.05) is 32.8 Å². The van der Waals surface area contributed by atoms with Crippen LogP contribution in [-0.2, 0) is 9.53 Å². The minimum absolute atomic E-state index is 0.00243. The molecule has 1 aliphatic rings. The molecule has 1 atom stereocenters. The van der Waals surface area contributed by atoms with Gasteiger partial charge in [-0.05, 0) is 12.1 Å². The number of carbonyl (C=O) groups excluding carboxylic acids is 2. The van der Waals surface area contributed by atoms with Crippen LogP contribution in [0.4, 0.5) is 4.39 Å². The lowest BCUT2D eigenvalue weighted by molar-refractivity contribution is -0.122. The molecule has 1 aromatic rings. The normalized spacial score (nSPS) is 17.8. The van der Waals surface area contributed by atoms with Gasteiger partial charge in [-0.1, -0.05) is 12.1 Å². The van der Waals surface area contributed by atoms with Gasteiger partial charge < -0.3 is 20.7 Å². The smallest absolute Gasteiger partial charge is 0.254 e. The predicted octanol–water partition coefficient (Wildman–Crippen LogP) is 0.0502. The maximum Gasteiger partial charge on any atom is 0.254 e. The van der Waals surface area contributed by atoms with E-state index in [0.717, 1.165) is 6.54 Å². The Balaban J connectivity index is 1.63. The summed E-state index contributed by atoms with van der Waals surface area (Å²) in [5.74, 6) is -1.16. The Morgan fingerprint density at radius 3 is 2.77 bits per heavy atom. The van der Waals surface area contributed by atoms with Gasteiger partial charge >= 0.3 is 0 Å². The van der Waals surface area contributed by atoms with E-state index in [-0.39, 0.29) is 24.1 Å². The molecular weight excluding hydrogens is 289 g/mol. The Kier molecular flexibility index (Phi) is 6.29. The number of hydrogen-bond donors (Lipinski definition) is 3. The van der Waals surface area contributed by atoms with E-state index in [1.54, 1.807) is 6.07 Å². The molecule has 3 N–H and O–H groups in total. The summed E-state index contributed by atoms with van der Waals surface area (Å²) in [6.07, 6.45) is 0.335. The highest BCUT2D eigenvalue weighted by atomic mass is 19.1. The summed E-state index contributed by atoms with van der Waals surface area (Å²) in [5.41, 5.74) is -0.00243. The average Bonchev–Trinajstić information content (AvgIpc) is 2.53. The molecule has 120 valence electrons. The van der Waals surface area contributed by atoms with Crippen molar-refractivity contribution in [1.29, 1.82) is 0 Å². The first-order valence-electron chi connectivity index (χ1n) is 7.27. The molecule has 1 aromatic carbocycles. The van der Waals surface area contributed by atoms with Crippen LogP contribution in [-0.4, -0.2) is 50.7 Å². The Hall–Kier alpha value is -1.99. The van der Waals surface area contributed by atoms with Gasteiger partial charge in [0.15, 0.2) is 0 Å². The lowest BCUT2D eigenvalue weighted by Crippen LogP contribution is -2.45. The Morgan fingerprint density at radius 2 is 2.05 bits per heavy atom. The van der Waals surface area contributed by atoms with Crippen molar-refractivity contribution >= 4 is 11.8 Å². The van der Waals surface area contributed by atoms with E-state index in [0.29, 0.717) is 26.2 Å². The fraction of sp³-hybridized carbons (Fsp3) is 0.467. The first kappa shape index (κ1) is 16.4. The molecule has 1 fully saturated rings. The number of rotatable bonds is 6. The van der Waals surface area contributed by atoms with Gasteiger partial charge in [-0.2, -0.15) is 0 Å². The third kappa shape index (κ3) is 5.09. The van der Waals surface area contributed by atoms with Crippen molar-refractivity contribution in [3.63, 3.8) is 0 Å². The summed E-state index contributed by atoms with van der Waals surface area (Å²) in [4.78, 5) is 23.4. The van der Waals surface area contributed by atoms with Gasteiger partial charge in [0.1, 0.15) is 5.82 Å². The average molecular weight is 309 g/mol. The van der Waals surface area contributed by atoms with E-state index < -0.39 is 11.7 Å². The molecule has 7 heteroatoms. The van der Waals surface area contributed by atoms with E-state index in [9.17, 15) is 14.0 Å². The van der Waals surface area contributed by atoms with Gasteiger partial charge in [-0.15, -0.1) is 0 Å². The quantitative estimate of drug-likeness (QED) is 0.649. The zero-order valence-corrected chi connectivity index (χ0v) is 12.2. The molecular formula is C15H20FN3O3.